The lowest BCUT2D eigenvalue weighted by molar-refractivity contribution is 0.0954. The molecule has 0 fully saturated rings. The molecule has 0 aliphatic heterocycles. The largest absolute Gasteiger partial charge is 0.493 e. The van der Waals surface area contributed by atoms with Crippen molar-refractivity contribution in [1.82, 2.24) is 5.43 Å². The Morgan fingerprint density at radius 2 is 1.88 bits per heavy atom. The van der Waals surface area contributed by atoms with Crippen LogP contribution in [0.3, 0.4) is 0 Å². The van der Waals surface area contributed by atoms with Gasteiger partial charge in [-0.05, 0) is 43.7 Å². The number of benzene rings is 2. The van der Waals surface area contributed by atoms with Crippen molar-refractivity contribution in [3.8, 4) is 17.2 Å². The molecule has 0 heterocycles. The normalized spacial score (nSPS) is 10.6. The first-order valence-electron chi connectivity index (χ1n) is 8.55. The fourth-order valence-electron chi connectivity index (χ4n) is 2.24. The number of nitrogens with one attached hydrogen (secondary N) is 1. The molecule has 2 rings (SSSR count). The summed E-state index contributed by atoms with van der Waals surface area (Å²) in [5, 5.41) is 4.01. The summed E-state index contributed by atoms with van der Waals surface area (Å²) < 4.78 is 16.4. The molecule has 1 N–H and O–H groups in total. The molecule has 0 atom stereocenters. The number of para-hydroxylation sites is 1. The fraction of sp³-hybridized carbons (Fsp3) is 0.300. The third-order valence-electron chi connectivity index (χ3n) is 3.48. The van der Waals surface area contributed by atoms with Gasteiger partial charge in [-0.3, -0.25) is 4.79 Å². The minimum absolute atomic E-state index is 0.338. The SMILES string of the molecule is CCCOc1ccc(C(=O)N/N=C/c2ccccc2OCC)cc1OC. The van der Waals surface area contributed by atoms with Gasteiger partial charge in [-0.25, -0.2) is 5.43 Å². The average molecular weight is 356 g/mol. The molecule has 0 saturated heterocycles. The Balaban J connectivity index is 2.06. The highest BCUT2D eigenvalue weighted by Gasteiger charge is 2.10. The minimum atomic E-state index is -0.338. The molecule has 0 aliphatic carbocycles. The van der Waals surface area contributed by atoms with Gasteiger partial charge in [0.1, 0.15) is 5.75 Å². The van der Waals surface area contributed by atoms with Gasteiger partial charge in [-0.2, -0.15) is 5.10 Å². The van der Waals surface area contributed by atoms with E-state index in [-0.39, 0.29) is 5.91 Å². The molecule has 0 spiro atoms. The van der Waals surface area contributed by atoms with Crippen molar-refractivity contribution in [2.24, 2.45) is 5.10 Å². The first kappa shape index (κ1) is 19.3. The summed E-state index contributed by atoms with van der Waals surface area (Å²) in [5.74, 6) is 1.50. The minimum Gasteiger partial charge on any atom is -0.493 e. The van der Waals surface area contributed by atoms with Crippen LogP contribution in [0.1, 0.15) is 36.2 Å². The summed E-state index contributed by atoms with van der Waals surface area (Å²) in [6, 6.07) is 12.5. The molecule has 6 heteroatoms. The van der Waals surface area contributed by atoms with E-state index < -0.39 is 0 Å². The highest BCUT2D eigenvalue weighted by Crippen LogP contribution is 2.28. The molecular weight excluding hydrogens is 332 g/mol. The standard InChI is InChI=1S/C20H24N2O4/c1-4-12-26-18-11-10-15(13-19(18)24-3)20(23)22-21-14-16-8-6-7-9-17(16)25-5-2/h6-11,13-14H,4-5,12H2,1-3H3,(H,22,23)/b21-14+. The number of nitrogens with zero attached hydrogens (tertiary/aromatic N) is 1. The summed E-state index contributed by atoms with van der Waals surface area (Å²) in [5.41, 5.74) is 3.73. The number of hydrazone groups is 1. The van der Waals surface area contributed by atoms with Crippen molar-refractivity contribution in [2.45, 2.75) is 20.3 Å². The molecule has 6 nitrogen and oxygen atoms in total. The van der Waals surface area contributed by atoms with E-state index in [0.29, 0.717) is 36.0 Å². The number of carbonyl (C=O) groups is 1. The Morgan fingerprint density at radius 3 is 2.62 bits per heavy atom. The van der Waals surface area contributed by atoms with Crippen LogP contribution in [0, 0.1) is 0 Å². The van der Waals surface area contributed by atoms with Crippen LogP contribution in [-0.2, 0) is 0 Å². The molecular formula is C20H24N2O4. The maximum atomic E-state index is 12.3. The van der Waals surface area contributed by atoms with Gasteiger partial charge in [0.15, 0.2) is 11.5 Å². The van der Waals surface area contributed by atoms with Gasteiger partial charge >= 0.3 is 0 Å². The number of carbonyl (C=O) groups excluding carboxylic acids is 1. The highest BCUT2D eigenvalue weighted by molar-refractivity contribution is 5.95. The number of hydrogen-bond donors (Lipinski definition) is 1. The van der Waals surface area contributed by atoms with Crippen molar-refractivity contribution in [3.63, 3.8) is 0 Å². The molecule has 0 bridgehead atoms. The number of amides is 1. The lowest BCUT2D eigenvalue weighted by atomic mass is 10.2. The maximum Gasteiger partial charge on any atom is 0.271 e. The monoisotopic (exact) mass is 356 g/mol. The van der Waals surface area contributed by atoms with Gasteiger partial charge < -0.3 is 14.2 Å². The fourth-order valence-corrected chi connectivity index (χ4v) is 2.24. The molecule has 0 aromatic heterocycles. The summed E-state index contributed by atoms with van der Waals surface area (Å²) in [4.78, 5) is 12.3. The van der Waals surface area contributed by atoms with E-state index >= 15 is 0 Å². The zero-order chi connectivity index (χ0) is 18.8. The smallest absolute Gasteiger partial charge is 0.271 e. The van der Waals surface area contributed by atoms with Crippen molar-refractivity contribution in [1.29, 1.82) is 0 Å². The molecule has 2 aromatic carbocycles. The van der Waals surface area contributed by atoms with Crippen LogP contribution in [0.5, 0.6) is 17.2 Å². The summed E-state index contributed by atoms with van der Waals surface area (Å²) in [6.07, 6.45) is 2.45. The van der Waals surface area contributed by atoms with E-state index in [2.05, 4.69) is 10.5 Å². The van der Waals surface area contributed by atoms with Gasteiger partial charge in [0.05, 0.1) is 26.5 Å². The number of ether oxygens (including phenoxy) is 3. The first-order valence-corrected chi connectivity index (χ1v) is 8.55. The van der Waals surface area contributed by atoms with Crippen LogP contribution in [0.15, 0.2) is 47.6 Å². The molecule has 0 aliphatic rings. The lowest BCUT2D eigenvalue weighted by Crippen LogP contribution is -2.17. The Morgan fingerprint density at radius 1 is 1.08 bits per heavy atom. The Hall–Kier alpha value is -3.02. The summed E-state index contributed by atoms with van der Waals surface area (Å²) in [6.45, 7) is 5.09. The number of methoxy groups -OCH3 is 1. The second-order valence-electron chi connectivity index (χ2n) is 5.38. The van der Waals surface area contributed by atoms with Gasteiger partial charge in [0.25, 0.3) is 5.91 Å². The first-order chi connectivity index (χ1) is 12.7. The Labute approximate surface area is 153 Å². The van der Waals surface area contributed by atoms with Crippen LogP contribution in [-0.4, -0.2) is 32.4 Å². The molecule has 0 saturated carbocycles. The number of hydrogen-bond acceptors (Lipinski definition) is 5. The van der Waals surface area contributed by atoms with Crippen LogP contribution >= 0.6 is 0 Å². The average Bonchev–Trinajstić information content (AvgIpc) is 2.67. The van der Waals surface area contributed by atoms with E-state index in [4.69, 9.17) is 14.2 Å². The zero-order valence-corrected chi connectivity index (χ0v) is 15.3. The van der Waals surface area contributed by atoms with Crippen molar-refractivity contribution >= 4 is 12.1 Å². The van der Waals surface area contributed by atoms with Crippen molar-refractivity contribution < 1.29 is 19.0 Å². The van der Waals surface area contributed by atoms with E-state index in [1.165, 1.54) is 0 Å². The molecule has 138 valence electrons. The maximum absolute atomic E-state index is 12.3. The lowest BCUT2D eigenvalue weighted by Gasteiger charge is -2.11. The summed E-state index contributed by atoms with van der Waals surface area (Å²) in [7, 11) is 1.54. The second kappa shape index (κ2) is 10.1. The van der Waals surface area contributed by atoms with Gasteiger partial charge in [0.2, 0.25) is 0 Å². The molecule has 0 unspecified atom stereocenters. The van der Waals surface area contributed by atoms with E-state index in [1.807, 2.05) is 38.1 Å². The van der Waals surface area contributed by atoms with Crippen molar-refractivity contribution in [2.75, 3.05) is 20.3 Å². The zero-order valence-electron chi connectivity index (χ0n) is 15.3. The van der Waals surface area contributed by atoms with Gasteiger partial charge in [-0.15, -0.1) is 0 Å². The van der Waals surface area contributed by atoms with Crippen LogP contribution in [0.4, 0.5) is 0 Å². The molecule has 26 heavy (non-hydrogen) atoms. The van der Waals surface area contributed by atoms with E-state index in [9.17, 15) is 4.79 Å². The third-order valence-corrected chi connectivity index (χ3v) is 3.48. The van der Waals surface area contributed by atoms with Crippen LogP contribution in [0.25, 0.3) is 0 Å². The van der Waals surface area contributed by atoms with E-state index in [0.717, 1.165) is 12.0 Å². The predicted octanol–water partition coefficient (Wildman–Crippen LogP) is 3.65. The summed E-state index contributed by atoms with van der Waals surface area (Å²) >= 11 is 0. The topological polar surface area (TPSA) is 69.2 Å². The second-order valence-corrected chi connectivity index (χ2v) is 5.38. The van der Waals surface area contributed by atoms with Crippen molar-refractivity contribution in [3.05, 3.63) is 53.6 Å². The van der Waals surface area contributed by atoms with Gasteiger partial charge in [0, 0.05) is 11.1 Å². The Kier molecular flexibility index (Phi) is 7.49. The molecule has 2 aromatic rings. The van der Waals surface area contributed by atoms with Crippen LogP contribution in [0.2, 0.25) is 0 Å². The predicted molar refractivity (Wildman–Crippen MR) is 101 cm³/mol. The molecule has 0 radical (unpaired) electrons. The third kappa shape index (κ3) is 5.24. The Bertz CT molecular complexity index is 759. The van der Waals surface area contributed by atoms with E-state index in [1.54, 1.807) is 31.5 Å². The number of rotatable bonds is 9. The van der Waals surface area contributed by atoms with Crippen LogP contribution < -0.4 is 19.6 Å². The van der Waals surface area contributed by atoms with Gasteiger partial charge in [-0.1, -0.05) is 19.1 Å². The highest BCUT2D eigenvalue weighted by atomic mass is 16.5. The molecule has 1 amide bonds. The quantitative estimate of drug-likeness (QED) is 0.550.